The van der Waals surface area contributed by atoms with Gasteiger partial charge in [0, 0.05) is 25.8 Å². The molecular weight excluding hydrogens is 420 g/mol. The van der Waals surface area contributed by atoms with Gasteiger partial charge in [0.2, 0.25) is 0 Å². The number of piperidine rings is 1. The van der Waals surface area contributed by atoms with Crippen LogP contribution < -0.4 is 0 Å². The molecule has 0 saturated carbocycles. The van der Waals surface area contributed by atoms with E-state index in [1.807, 2.05) is 36.9 Å². The summed E-state index contributed by atoms with van der Waals surface area (Å²) in [5, 5.41) is 0. The van der Waals surface area contributed by atoms with Gasteiger partial charge in [-0.25, -0.2) is 15.0 Å². The van der Waals surface area contributed by atoms with Crippen molar-refractivity contribution in [2.45, 2.75) is 39.2 Å². The summed E-state index contributed by atoms with van der Waals surface area (Å²) in [6.07, 6.45) is 4.30. The number of nitrogens with zero attached hydrogens (tertiary/aromatic N) is 5. The number of carbonyl (C=O) groups excluding carboxylic acids is 2. The van der Waals surface area contributed by atoms with Crippen molar-refractivity contribution in [2.75, 3.05) is 32.8 Å². The maximum absolute atomic E-state index is 13.4. The third kappa shape index (κ3) is 4.20. The van der Waals surface area contributed by atoms with Crippen molar-refractivity contribution in [3.63, 3.8) is 0 Å². The highest BCUT2D eigenvalue weighted by Crippen LogP contribution is 2.30. The molecule has 0 radical (unpaired) electrons. The Bertz CT molecular complexity index is 1200. The molecular formula is C24H28N6O3. The number of morpholine rings is 1. The summed E-state index contributed by atoms with van der Waals surface area (Å²) in [5.74, 6) is 0.684. The number of ether oxygens (including phenoxy) is 1. The van der Waals surface area contributed by atoms with E-state index in [1.54, 1.807) is 11.1 Å². The molecule has 33 heavy (non-hydrogen) atoms. The van der Waals surface area contributed by atoms with Crippen molar-refractivity contribution in [2.24, 2.45) is 0 Å². The molecule has 2 amide bonds. The molecule has 9 nitrogen and oxygen atoms in total. The maximum atomic E-state index is 13.4. The molecule has 3 aromatic rings. The van der Waals surface area contributed by atoms with E-state index < -0.39 is 0 Å². The second-order valence-electron chi connectivity index (χ2n) is 8.75. The second kappa shape index (κ2) is 8.90. The van der Waals surface area contributed by atoms with Crippen LogP contribution in [0.4, 0.5) is 0 Å². The van der Waals surface area contributed by atoms with E-state index in [0.717, 1.165) is 35.9 Å². The smallest absolute Gasteiger partial charge is 0.290 e. The van der Waals surface area contributed by atoms with Crippen molar-refractivity contribution in [1.29, 1.82) is 0 Å². The molecule has 2 fully saturated rings. The van der Waals surface area contributed by atoms with Gasteiger partial charge in [0.15, 0.2) is 11.6 Å². The number of aryl methyl sites for hydroxylation is 2. The van der Waals surface area contributed by atoms with Gasteiger partial charge in [-0.2, -0.15) is 0 Å². The van der Waals surface area contributed by atoms with Crippen LogP contribution in [0.1, 0.15) is 63.4 Å². The largest absolute Gasteiger partial charge is 0.378 e. The van der Waals surface area contributed by atoms with Crippen LogP contribution in [-0.4, -0.2) is 74.4 Å². The fraction of sp³-hybridized carbons (Fsp3) is 0.458. The van der Waals surface area contributed by atoms with E-state index in [-0.39, 0.29) is 17.9 Å². The Morgan fingerprint density at radius 1 is 1.06 bits per heavy atom. The topological polar surface area (TPSA) is 104 Å². The maximum Gasteiger partial charge on any atom is 0.290 e. The number of aromatic nitrogens is 4. The first kappa shape index (κ1) is 21.5. The minimum absolute atomic E-state index is 0.0727. The lowest BCUT2D eigenvalue weighted by Gasteiger charge is -2.34. The van der Waals surface area contributed by atoms with Gasteiger partial charge in [0.25, 0.3) is 11.8 Å². The molecule has 1 atom stereocenters. The first-order chi connectivity index (χ1) is 16.0. The molecule has 2 aliphatic heterocycles. The molecule has 0 aliphatic carbocycles. The molecule has 172 valence electrons. The summed E-state index contributed by atoms with van der Waals surface area (Å²) >= 11 is 0. The highest BCUT2D eigenvalue weighted by atomic mass is 16.5. The number of benzene rings is 1. The molecule has 0 spiro atoms. The van der Waals surface area contributed by atoms with Crippen molar-refractivity contribution < 1.29 is 14.3 Å². The lowest BCUT2D eigenvalue weighted by Crippen LogP contribution is -2.41. The number of H-pyrrole nitrogens is 1. The number of likely N-dealkylation sites (tertiary alicyclic amines) is 1. The van der Waals surface area contributed by atoms with Gasteiger partial charge in [-0.3, -0.25) is 9.59 Å². The minimum Gasteiger partial charge on any atom is -0.378 e. The molecule has 1 unspecified atom stereocenters. The predicted molar refractivity (Wildman–Crippen MR) is 122 cm³/mol. The molecule has 2 aromatic heterocycles. The number of imidazole rings is 1. The highest BCUT2D eigenvalue weighted by Gasteiger charge is 2.33. The van der Waals surface area contributed by atoms with Crippen LogP contribution >= 0.6 is 0 Å². The fourth-order valence-electron chi connectivity index (χ4n) is 4.60. The van der Waals surface area contributed by atoms with Crippen LogP contribution in [0.15, 0.2) is 24.4 Å². The Balaban J connectivity index is 1.40. The van der Waals surface area contributed by atoms with Crippen LogP contribution in [0.25, 0.3) is 11.0 Å². The number of hydrogen-bond donors (Lipinski definition) is 1. The quantitative estimate of drug-likeness (QED) is 0.661. The number of aromatic amines is 1. The van der Waals surface area contributed by atoms with Gasteiger partial charge in [-0.15, -0.1) is 0 Å². The number of carbonyl (C=O) groups is 2. The number of rotatable bonds is 3. The Kier molecular flexibility index (Phi) is 5.80. The summed E-state index contributed by atoms with van der Waals surface area (Å²) in [6, 6.07) is 5.65. The average Bonchev–Trinajstić information content (AvgIpc) is 3.27. The van der Waals surface area contributed by atoms with E-state index in [4.69, 9.17) is 4.74 Å². The van der Waals surface area contributed by atoms with Crippen LogP contribution in [0.3, 0.4) is 0 Å². The van der Waals surface area contributed by atoms with Gasteiger partial charge >= 0.3 is 0 Å². The van der Waals surface area contributed by atoms with Crippen LogP contribution in [0.5, 0.6) is 0 Å². The summed E-state index contributed by atoms with van der Waals surface area (Å²) in [5.41, 5.74) is 3.87. The number of fused-ring (bicyclic) bond motifs is 1. The zero-order chi connectivity index (χ0) is 22.9. The lowest BCUT2D eigenvalue weighted by molar-refractivity contribution is 0.0301. The van der Waals surface area contributed by atoms with E-state index in [0.29, 0.717) is 55.8 Å². The van der Waals surface area contributed by atoms with Crippen molar-refractivity contribution in [1.82, 2.24) is 29.7 Å². The van der Waals surface area contributed by atoms with Gasteiger partial charge < -0.3 is 19.5 Å². The monoisotopic (exact) mass is 448 g/mol. The summed E-state index contributed by atoms with van der Waals surface area (Å²) in [6.45, 7) is 6.69. The summed E-state index contributed by atoms with van der Waals surface area (Å²) < 4.78 is 5.34. The standard InChI is InChI=1S/C24H28N6O3/c1-15-6-7-18-19(13-15)28-22(27-18)24(32)30-8-4-3-5-20(30)21-25-14-17(16(2)26-21)23(31)29-9-11-33-12-10-29/h6-7,13-14,20H,3-5,8-12H2,1-2H3,(H,27,28). The van der Waals surface area contributed by atoms with Gasteiger partial charge in [0.05, 0.1) is 41.5 Å². The molecule has 2 saturated heterocycles. The Morgan fingerprint density at radius 2 is 1.88 bits per heavy atom. The average molecular weight is 449 g/mol. The normalized spacial score (nSPS) is 19.2. The molecule has 1 N–H and O–H groups in total. The van der Waals surface area contributed by atoms with Gasteiger partial charge in [-0.05, 0) is 50.8 Å². The summed E-state index contributed by atoms with van der Waals surface area (Å²) in [7, 11) is 0. The van der Waals surface area contributed by atoms with E-state index >= 15 is 0 Å². The molecule has 0 bridgehead atoms. The lowest BCUT2D eigenvalue weighted by atomic mass is 10.0. The van der Waals surface area contributed by atoms with Crippen molar-refractivity contribution in [3.8, 4) is 0 Å². The van der Waals surface area contributed by atoms with Gasteiger partial charge in [0.1, 0.15) is 0 Å². The van der Waals surface area contributed by atoms with Crippen LogP contribution in [0, 0.1) is 13.8 Å². The predicted octanol–water partition coefficient (Wildman–Crippen LogP) is 2.81. The second-order valence-corrected chi connectivity index (χ2v) is 8.75. The van der Waals surface area contributed by atoms with Crippen molar-refractivity contribution in [3.05, 3.63) is 52.9 Å². The third-order valence-corrected chi connectivity index (χ3v) is 6.43. The molecule has 5 rings (SSSR count). The Labute approximate surface area is 192 Å². The summed E-state index contributed by atoms with van der Waals surface area (Å²) in [4.78, 5) is 46.8. The number of hydrogen-bond acceptors (Lipinski definition) is 6. The molecule has 2 aliphatic rings. The number of amides is 2. The molecule has 4 heterocycles. The Hall–Kier alpha value is -3.33. The Morgan fingerprint density at radius 3 is 2.67 bits per heavy atom. The van der Waals surface area contributed by atoms with E-state index in [2.05, 4.69) is 19.9 Å². The molecule has 1 aromatic carbocycles. The van der Waals surface area contributed by atoms with Crippen LogP contribution in [-0.2, 0) is 4.74 Å². The van der Waals surface area contributed by atoms with E-state index in [9.17, 15) is 9.59 Å². The highest BCUT2D eigenvalue weighted by molar-refractivity contribution is 5.95. The van der Waals surface area contributed by atoms with Gasteiger partial charge in [-0.1, -0.05) is 6.07 Å². The molecule has 9 heteroatoms. The van der Waals surface area contributed by atoms with E-state index in [1.165, 1.54) is 0 Å². The zero-order valence-corrected chi connectivity index (χ0v) is 19.0. The van der Waals surface area contributed by atoms with Crippen molar-refractivity contribution >= 4 is 22.8 Å². The first-order valence-electron chi connectivity index (χ1n) is 11.5. The first-order valence-corrected chi connectivity index (χ1v) is 11.5. The zero-order valence-electron chi connectivity index (χ0n) is 19.0. The minimum atomic E-state index is -0.243. The number of nitrogens with one attached hydrogen (secondary N) is 1. The third-order valence-electron chi connectivity index (χ3n) is 6.43. The fourth-order valence-corrected chi connectivity index (χ4v) is 4.60. The van der Waals surface area contributed by atoms with Crippen LogP contribution in [0.2, 0.25) is 0 Å². The SMILES string of the molecule is Cc1ccc2nc(C(=O)N3CCCCC3c3ncc(C(=O)N4CCOCC4)c(C)n3)[nH]c2c1.